The lowest BCUT2D eigenvalue weighted by molar-refractivity contribution is 0.0697. The third-order valence-corrected chi connectivity index (χ3v) is 3.36. The monoisotopic (exact) mass is 260 g/mol. The molecule has 0 amide bonds. The van der Waals surface area contributed by atoms with Gasteiger partial charge in [-0.15, -0.1) is 0 Å². The van der Waals surface area contributed by atoms with Crippen LogP contribution in [0.1, 0.15) is 16.2 Å². The summed E-state index contributed by atoms with van der Waals surface area (Å²) in [7, 11) is 0. The van der Waals surface area contributed by atoms with E-state index in [1.54, 1.807) is 18.2 Å². The number of aromatic amines is 1. The standard InChI is InChI=1S/C13H16N4O2/c18-13(19)9-1-2-10-11(7-9)16-12(15-10)8-17-5-3-14-4-6-17/h1-2,7,14H,3-6,8H2,(H,15,16)(H,18,19). The first-order chi connectivity index (χ1) is 9.22. The van der Waals surface area contributed by atoms with Crippen LogP contribution >= 0.6 is 0 Å². The van der Waals surface area contributed by atoms with E-state index in [2.05, 4.69) is 20.2 Å². The normalized spacial score (nSPS) is 16.8. The highest BCUT2D eigenvalue weighted by Gasteiger charge is 2.13. The lowest BCUT2D eigenvalue weighted by atomic mass is 10.2. The number of benzene rings is 1. The lowest BCUT2D eigenvalue weighted by Gasteiger charge is -2.26. The van der Waals surface area contributed by atoms with Crippen LogP contribution in [-0.4, -0.2) is 52.1 Å². The second kappa shape index (κ2) is 4.99. The molecule has 1 saturated heterocycles. The van der Waals surface area contributed by atoms with Crippen molar-refractivity contribution in [3.05, 3.63) is 29.6 Å². The molecule has 3 N–H and O–H groups in total. The number of nitrogens with zero attached hydrogens (tertiary/aromatic N) is 2. The molecule has 6 nitrogen and oxygen atoms in total. The van der Waals surface area contributed by atoms with Gasteiger partial charge >= 0.3 is 5.97 Å². The predicted molar refractivity (Wildman–Crippen MR) is 71.2 cm³/mol. The Labute approximate surface area is 110 Å². The average Bonchev–Trinajstić information content (AvgIpc) is 2.80. The first kappa shape index (κ1) is 12.1. The highest BCUT2D eigenvalue weighted by molar-refractivity contribution is 5.92. The quantitative estimate of drug-likeness (QED) is 0.755. The second-order valence-electron chi connectivity index (χ2n) is 4.75. The van der Waals surface area contributed by atoms with Crippen molar-refractivity contribution in [2.45, 2.75) is 6.54 Å². The van der Waals surface area contributed by atoms with Gasteiger partial charge in [0.05, 0.1) is 23.1 Å². The third-order valence-electron chi connectivity index (χ3n) is 3.36. The molecule has 3 rings (SSSR count). The van der Waals surface area contributed by atoms with E-state index in [-0.39, 0.29) is 5.56 Å². The Morgan fingerprint density at radius 1 is 1.37 bits per heavy atom. The van der Waals surface area contributed by atoms with Crippen molar-refractivity contribution < 1.29 is 9.90 Å². The smallest absolute Gasteiger partial charge is 0.335 e. The Balaban J connectivity index is 1.82. The van der Waals surface area contributed by atoms with Gasteiger partial charge in [0.2, 0.25) is 0 Å². The van der Waals surface area contributed by atoms with Crippen LogP contribution in [0.2, 0.25) is 0 Å². The van der Waals surface area contributed by atoms with Gasteiger partial charge in [0.1, 0.15) is 5.82 Å². The molecule has 19 heavy (non-hydrogen) atoms. The van der Waals surface area contributed by atoms with Gasteiger partial charge in [-0.2, -0.15) is 0 Å². The summed E-state index contributed by atoms with van der Waals surface area (Å²) >= 11 is 0. The maximum atomic E-state index is 10.9. The topological polar surface area (TPSA) is 81.2 Å². The molecule has 0 atom stereocenters. The Morgan fingerprint density at radius 2 is 2.16 bits per heavy atom. The number of carboxylic acids is 1. The van der Waals surface area contributed by atoms with Crippen molar-refractivity contribution in [1.29, 1.82) is 0 Å². The number of nitrogens with one attached hydrogen (secondary N) is 2. The molecular weight excluding hydrogens is 244 g/mol. The molecule has 1 aliphatic heterocycles. The van der Waals surface area contributed by atoms with Gasteiger partial charge in [0.25, 0.3) is 0 Å². The van der Waals surface area contributed by atoms with Crippen LogP contribution in [0.5, 0.6) is 0 Å². The van der Waals surface area contributed by atoms with Crippen molar-refractivity contribution in [2.75, 3.05) is 26.2 Å². The van der Waals surface area contributed by atoms with E-state index in [4.69, 9.17) is 5.11 Å². The number of piperazine rings is 1. The molecule has 0 spiro atoms. The van der Waals surface area contributed by atoms with Crippen LogP contribution in [0.25, 0.3) is 11.0 Å². The van der Waals surface area contributed by atoms with Crippen molar-refractivity contribution in [3.63, 3.8) is 0 Å². The molecule has 0 saturated carbocycles. The van der Waals surface area contributed by atoms with E-state index in [9.17, 15) is 4.79 Å². The number of rotatable bonds is 3. The van der Waals surface area contributed by atoms with Crippen LogP contribution in [0, 0.1) is 0 Å². The summed E-state index contributed by atoms with van der Waals surface area (Å²) in [4.78, 5) is 20.9. The average molecular weight is 260 g/mol. The molecule has 1 fully saturated rings. The highest BCUT2D eigenvalue weighted by Crippen LogP contribution is 2.15. The maximum absolute atomic E-state index is 10.9. The second-order valence-corrected chi connectivity index (χ2v) is 4.75. The Bertz CT molecular complexity index is 602. The Morgan fingerprint density at radius 3 is 2.89 bits per heavy atom. The van der Waals surface area contributed by atoms with Gasteiger partial charge in [0, 0.05) is 26.2 Å². The summed E-state index contributed by atoms with van der Waals surface area (Å²) in [6.45, 7) is 4.81. The summed E-state index contributed by atoms with van der Waals surface area (Å²) in [5.41, 5.74) is 1.88. The summed E-state index contributed by atoms with van der Waals surface area (Å²) in [6.07, 6.45) is 0. The first-order valence-corrected chi connectivity index (χ1v) is 6.37. The number of hydrogen-bond acceptors (Lipinski definition) is 4. The molecule has 1 aliphatic rings. The fourth-order valence-electron chi connectivity index (χ4n) is 2.35. The van der Waals surface area contributed by atoms with Gasteiger partial charge in [-0.25, -0.2) is 9.78 Å². The summed E-state index contributed by atoms with van der Waals surface area (Å²) < 4.78 is 0. The van der Waals surface area contributed by atoms with Crippen LogP contribution in [0.4, 0.5) is 0 Å². The minimum Gasteiger partial charge on any atom is -0.478 e. The molecule has 0 aliphatic carbocycles. The maximum Gasteiger partial charge on any atom is 0.335 e. The zero-order valence-electron chi connectivity index (χ0n) is 10.5. The lowest BCUT2D eigenvalue weighted by Crippen LogP contribution is -2.43. The molecule has 100 valence electrons. The van der Waals surface area contributed by atoms with Gasteiger partial charge in [-0.1, -0.05) is 0 Å². The van der Waals surface area contributed by atoms with E-state index in [0.29, 0.717) is 0 Å². The van der Waals surface area contributed by atoms with E-state index < -0.39 is 5.97 Å². The SMILES string of the molecule is O=C(O)c1ccc2nc(CN3CCNCC3)[nH]c2c1. The minimum absolute atomic E-state index is 0.282. The van der Waals surface area contributed by atoms with E-state index >= 15 is 0 Å². The van der Waals surface area contributed by atoms with Crippen molar-refractivity contribution >= 4 is 17.0 Å². The molecule has 0 unspecified atom stereocenters. The molecule has 6 heteroatoms. The van der Waals surface area contributed by atoms with E-state index in [1.807, 2.05) is 0 Å². The molecule has 1 aromatic carbocycles. The summed E-state index contributed by atoms with van der Waals surface area (Å²) in [6, 6.07) is 4.96. The number of fused-ring (bicyclic) bond motifs is 1. The minimum atomic E-state index is -0.917. The summed E-state index contributed by atoms with van der Waals surface area (Å²) in [5.74, 6) is -0.0282. The zero-order valence-corrected chi connectivity index (χ0v) is 10.5. The molecule has 2 aromatic rings. The molecule has 0 radical (unpaired) electrons. The van der Waals surface area contributed by atoms with Crippen LogP contribution in [0.15, 0.2) is 18.2 Å². The third kappa shape index (κ3) is 2.59. The van der Waals surface area contributed by atoms with Crippen LogP contribution in [-0.2, 0) is 6.54 Å². The van der Waals surface area contributed by atoms with E-state index in [1.165, 1.54) is 0 Å². The van der Waals surface area contributed by atoms with Crippen molar-refractivity contribution in [3.8, 4) is 0 Å². The molecule has 1 aromatic heterocycles. The van der Waals surface area contributed by atoms with E-state index in [0.717, 1.165) is 49.6 Å². The number of H-pyrrole nitrogens is 1. The Hall–Kier alpha value is -1.92. The van der Waals surface area contributed by atoms with Gasteiger partial charge in [-0.3, -0.25) is 4.90 Å². The zero-order chi connectivity index (χ0) is 13.2. The number of carbonyl (C=O) groups is 1. The molecule has 2 heterocycles. The van der Waals surface area contributed by atoms with Gasteiger partial charge in [0.15, 0.2) is 0 Å². The largest absolute Gasteiger partial charge is 0.478 e. The molecular formula is C13H16N4O2. The number of carboxylic acid groups (broad SMARTS) is 1. The Kier molecular flexibility index (Phi) is 3.18. The number of aromatic carboxylic acids is 1. The fourth-order valence-corrected chi connectivity index (χ4v) is 2.35. The predicted octanol–water partition coefficient (Wildman–Crippen LogP) is 0.666. The molecule has 0 bridgehead atoms. The summed E-state index contributed by atoms with van der Waals surface area (Å²) in [5, 5.41) is 12.3. The number of hydrogen-bond donors (Lipinski definition) is 3. The number of imidazole rings is 1. The van der Waals surface area contributed by atoms with Crippen LogP contribution in [0.3, 0.4) is 0 Å². The first-order valence-electron chi connectivity index (χ1n) is 6.37. The highest BCUT2D eigenvalue weighted by atomic mass is 16.4. The van der Waals surface area contributed by atoms with Crippen LogP contribution < -0.4 is 5.32 Å². The van der Waals surface area contributed by atoms with Crippen molar-refractivity contribution in [1.82, 2.24) is 20.2 Å². The number of aromatic nitrogens is 2. The van der Waals surface area contributed by atoms with Gasteiger partial charge in [-0.05, 0) is 18.2 Å². The fraction of sp³-hybridized carbons (Fsp3) is 0.385. The van der Waals surface area contributed by atoms with Gasteiger partial charge < -0.3 is 15.4 Å². The van der Waals surface area contributed by atoms with Crippen molar-refractivity contribution in [2.24, 2.45) is 0 Å².